The number of benzene rings is 2. The summed E-state index contributed by atoms with van der Waals surface area (Å²) in [5.74, 6) is 1.33. The fourth-order valence-corrected chi connectivity index (χ4v) is 4.91. The zero-order valence-corrected chi connectivity index (χ0v) is 20.7. The van der Waals surface area contributed by atoms with Crippen LogP contribution < -0.4 is 30.4 Å². The molecule has 0 spiro atoms. The van der Waals surface area contributed by atoms with Gasteiger partial charge in [0, 0.05) is 10.8 Å². The van der Waals surface area contributed by atoms with Crippen molar-refractivity contribution in [3.05, 3.63) is 69.6 Å². The topological polar surface area (TPSA) is 139 Å². The molecule has 0 bridgehead atoms. The molecule has 1 aliphatic heterocycles. The Balaban J connectivity index is 1.80. The molecule has 1 aromatic heterocycles. The Labute approximate surface area is 211 Å². The Hall–Kier alpha value is -3.81. The lowest BCUT2D eigenvalue weighted by atomic mass is 9.84. The third-order valence-corrected chi connectivity index (χ3v) is 6.69. The van der Waals surface area contributed by atoms with Gasteiger partial charge in [-0.05, 0) is 29.3 Å². The van der Waals surface area contributed by atoms with Crippen LogP contribution in [0.4, 0.5) is 5.82 Å². The second-order valence-electron chi connectivity index (χ2n) is 7.37. The monoisotopic (exact) mass is 511 g/mol. The van der Waals surface area contributed by atoms with Gasteiger partial charge in [0.1, 0.15) is 17.5 Å². The third kappa shape index (κ3) is 4.60. The summed E-state index contributed by atoms with van der Waals surface area (Å²) in [4.78, 5) is 8.99. The van der Waals surface area contributed by atoms with Crippen LogP contribution in [0.5, 0.6) is 23.1 Å². The highest BCUT2D eigenvalue weighted by Crippen LogP contribution is 2.48. The number of rotatable bonds is 7. The first-order valence-corrected chi connectivity index (χ1v) is 11.7. The quantitative estimate of drug-likeness (QED) is 0.349. The molecule has 180 valence electrons. The molecule has 0 saturated heterocycles. The molecule has 0 radical (unpaired) electrons. The maximum atomic E-state index is 9.90. The van der Waals surface area contributed by atoms with Gasteiger partial charge in [0.2, 0.25) is 17.5 Å². The van der Waals surface area contributed by atoms with Gasteiger partial charge in [0.25, 0.3) is 0 Å². The predicted molar refractivity (Wildman–Crippen MR) is 133 cm³/mol. The molecule has 4 N–H and O–H groups in total. The SMILES string of the molecule is COc1cc(C2C(C#N)=C(N)Oc3nc(SCc4ccccc4Cl)nc(N)c32)cc(OC)c1OC. The van der Waals surface area contributed by atoms with Gasteiger partial charge in [-0.3, -0.25) is 0 Å². The van der Waals surface area contributed by atoms with Crippen molar-refractivity contribution in [1.29, 1.82) is 5.26 Å². The van der Waals surface area contributed by atoms with Gasteiger partial charge in [-0.15, -0.1) is 0 Å². The molecule has 0 amide bonds. The van der Waals surface area contributed by atoms with E-state index < -0.39 is 5.92 Å². The molecular weight excluding hydrogens is 490 g/mol. The summed E-state index contributed by atoms with van der Waals surface area (Å²) < 4.78 is 22.1. The molecule has 2 heterocycles. The molecule has 2 aromatic carbocycles. The highest BCUT2D eigenvalue weighted by molar-refractivity contribution is 7.98. The second-order valence-corrected chi connectivity index (χ2v) is 8.72. The number of thioether (sulfide) groups is 1. The molecule has 1 aliphatic rings. The van der Waals surface area contributed by atoms with E-state index in [4.69, 9.17) is 42.0 Å². The van der Waals surface area contributed by atoms with Crippen LogP contribution in [0.1, 0.15) is 22.6 Å². The molecule has 3 aromatic rings. The Bertz CT molecular complexity index is 1330. The predicted octanol–water partition coefficient (Wildman–Crippen LogP) is 4.25. The molecule has 11 heteroatoms. The number of ether oxygens (including phenoxy) is 4. The zero-order chi connectivity index (χ0) is 25.1. The number of halogens is 1. The number of nitrogens with two attached hydrogens (primary N) is 2. The van der Waals surface area contributed by atoms with E-state index in [1.165, 1.54) is 33.1 Å². The average Bonchev–Trinajstić information content (AvgIpc) is 2.86. The van der Waals surface area contributed by atoms with Crippen LogP contribution in [0.15, 0.2) is 53.0 Å². The molecule has 35 heavy (non-hydrogen) atoms. The van der Waals surface area contributed by atoms with Gasteiger partial charge in [-0.2, -0.15) is 10.2 Å². The van der Waals surface area contributed by atoms with E-state index in [1.807, 2.05) is 24.3 Å². The van der Waals surface area contributed by atoms with Crippen molar-refractivity contribution in [3.63, 3.8) is 0 Å². The van der Waals surface area contributed by atoms with Crippen molar-refractivity contribution in [2.75, 3.05) is 27.1 Å². The van der Waals surface area contributed by atoms with Crippen molar-refractivity contribution in [1.82, 2.24) is 9.97 Å². The van der Waals surface area contributed by atoms with Gasteiger partial charge in [0.05, 0.1) is 32.8 Å². The van der Waals surface area contributed by atoms with Crippen molar-refractivity contribution < 1.29 is 18.9 Å². The summed E-state index contributed by atoms with van der Waals surface area (Å²) in [6.07, 6.45) is 0. The summed E-state index contributed by atoms with van der Waals surface area (Å²) in [6, 6.07) is 13.1. The number of hydrogen-bond donors (Lipinski definition) is 2. The van der Waals surface area contributed by atoms with Crippen LogP contribution in [0.25, 0.3) is 0 Å². The summed E-state index contributed by atoms with van der Waals surface area (Å²) in [5, 5.41) is 10.9. The number of nitrogens with zero attached hydrogens (tertiary/aromatic N) is 3. The minimum absolute atomic E-state index is 0.0705. The van der Waals surface area contributed by atoms with Crippen molar-refractivity contribution >= 4 is 29.2 Å². The Morgan fingerprint density at radius 1 is 1.09 bits per heavy atom. The minimum atomic E-state index is -0.708. The van der Waals surface area contributed by atoms with E-state index in [0.717, 1.165) is 5.56 Å². The highest BCUT2D eigenvalue weighted by atomic mass is 35.5. The van der Waals surface area contributed by atoms with E-state index >= 15 is 0 Å². The van der Waals surface area contributed by atoms with Crippen LogP contribution in [-0.4, -0.2) is 31.3 Å². The van der Waals surface area contributed by atoms with E-state index in [2.05, 4.69) is 16.0 Å². The van der Waals surface area contributed by atoms with Crippen LogP contribution >= 0.6 is 23.4 Å². The number of nitriles is 1. The number of hydrogen-bond acceptors (Lipinski definition) is 10. The third-order valence-electron chi connectivity index (χ3n) is 5.42. The van der Waals surface area contributed by atoms with E-state index in [9.17, 15) is 5.26 Å². The van der Waals surface area contributed by atoms with E-state index in [1.54, 1.807) is 12.1 Å². The smallest absolute Gasteiger partial charge is 0.231 e. The Morgan fingerprint density at radius 3 is 2.37 bits per heavy atom. The summed E-state index contributed by atoms with van der Waals surface area (Å²) >= 11 is 7.61. The molecule has 4 rings (SSSR count). The Morgan fingerprint density at radius 2 is 1.77 bits per heavy atom. The molecule has 0 aliphatic carbocycles. The average molecular weight is 512 g/mol. The van der Waals surface area contributed by atoms with Gasteiger partial charge in [-0.1, -0.05) is 41.6 Å². The van der Waals surface area contributed by atoms with Gasteiger partial charge in [0.15, 0.2) is 16.7 Å². The van der Waals surface area contributed by atoms with Gasteiger partial charge in [-0.25, -0.2) is 4.98 Å². The molecular formula is C24H22ClN5O4S. The first-order valence-electron chi connectivity index (χ1n) is 10.3. The minimum Gasteiger partial charge on any atom is -0.493 e. The molecule has 0 saturated carbocycles. The first kappa shape index (κ1) is 24.3. The van der Waals surface area contributed by atoms with Gasteiger partial charge < -0.3 is 30.4 Å². The molecule has 1 unspecified atom stereocenters. The van der Waals surface area contributed by atoms with Crippen LogP contribution in [-0.2, 0) is 5.75 Å². The number of anilines is 1. The number of aromatic nitrogens is 2. The van der Waals surface area contributed by atoms with Crippen LogP contribution in [0.3, 0.4) is 0 Å². The zero-order valence-electron chi connectivity index (χ0n) is 19.2. The normalized spacial score (nSPS) is 14.5. The van der Waals surface area contributed by atoms with E-state index in [-0.39, 0.29) is 23.2 Å². The fourth-order valence-electron chi connectivity index (χ4n) is 3.78. The summed E-state index contributed by atoms with van der Waals surface area (Å²) in [6.45, 7) is 0. The Kier molecular flexibility index (Phi) is 7.10. The number of allylic oxidation sites excluding steroid dienone is 1. The number of methoxy groups -OCH3 is 3. The lowest BCUT2D eigenvalue weighted by Crippen LogP contribution is -2.24. The molecule has 0 fully saturated rings. The van der Waals surface area contributed by atoms with Crippen molar-refractivity contribution in [3.8, 4) is 29.2 Å². The molecule has 1 atom stereocenters. The summed E-state index contributed by atoms with van der Waals surface area (Å²) in [5.41, 5.74) is 14.7. The van der Waals surface area contributed by atoms with Crippen molar-refractivity contribution in [2.45, 2.75) is 16.8 Å². The standard InChI is InChI=1S/C24H22ClN5O4S/c1-31-16-8-13(9-17(32-2)20(16)33-3)18-14(10-26)22(28)34-23-19(18)21(27)29-24(30-23)35-11-12-6-4-5-7-15(12)25/h4-9,18H,11,28H2,1-3H3,(H2,27,29,30). The number of nitrogen functional groups attached to an aromatic ring is 1. The fraction of sp³-hybridized carbons (Fsp3) is 0.208. The second kappa shape index (κ2) is 10.2. The van der Waals surface area contributed by atoms with E-state index in [0.29, 0.717) is 44.3 Å². The van der Waals surface area contributed by atoms with Crippen molar-refractivity contribution in [2.24, 2.45) is 5.73 Å². The largest absolute Gasteiger partial charge is 0.493 e. The lowest BCUT2D eigenvalue weighted by molar-refractivity contribution is 0.323. The van der Waals surface area contributed by atoms with Gasteiger partial charge >= 0.3 is 0 Å². The number of fused-ring (bicyclic) bond motifs is 1. The molecule has 9 nitrogen and oxygen atoms in total. The lowest BCUT2D eigenvalue weighted by Gasteiger charge is -2.27. The first-order chi connectivity index (χ1) is 16.9. The van der Waals surface area contributed by atoms with Crippen LogP contribution in [0, 0.1) is 11.3 Å². The maximum Gasteiger partial charge on any atom is 0.231 e. The maximum absolute atomic E-state index is 9.90. The van der Waals surface area contributed by atoms with Crippen LogP contribution in [0.2, 0.25) is 5.02 Å². The summed E-state index contributed by atoms with van der Waals surface area (Å²) in [7, 11) is 4.53. The highest BCUT2D eigenvalue weighted by Gasteiger charge is 2.36.